The Hall–Kier alpha value is -0.900. The Morgan fingerprint density at radius 2 is 2.22 bits per heavy atom. The lowest BCUT2D eigenvalue weighted by molar-refractivity contribution is 0.163. The Morgan fingerprint density at radius 1 is 1.39 bits per heavy atom. The van der Waals surface area contributed by atoms with E-state index in [0.717, 1.165) is 31.4 Å². The van der Waals surface area contributed by atoms with Gasteiger partial charge in [-0.25, -0.2) is 9.98 Å². The van der Waals surface area contributed by atoms with Gasteiger partial charge in [0, 0.05) is 32.7 Å². The molecule has 0 aromatic carbocycles. The number of nitrogens with one attached hydrogen (secondary N) is 2. The average Bonchev–Trinajstić information content (AvgIpc) is 2.92. The van der Waals surface area contributed by atoms with Gasteiger partial charge < -0.3 is 10.6 Å². The lowest BCUT2D eigenvalue weighted by atomic mass is 10.0. The SMILES string of the molecule is CCNC(=NCc1ncnn1C)NCCN1CCCCC1C.I. The Bertz CT molecular complexity index is 474. The molecular formula is C15H30IN7. The van der Waals surface area contributed by atoms with Crippen molar-refractivity contribution in [3.63, 3.8) is 0 Å². The summed E-state index contributed by atoms with van der Waals surface area (Å²) in [6, 6.07) is 0.703. The topological polar surface area (TPSA) is 70.4 Å². The van der Waals surface area contributed by atoms with Crippen LogP contribution in [0.15, 0.2) is 11.3 Å². The summed E-state index contributed by atoms with van der Waals surface area (Å²) in [5.41, 5.74) is 0. The Morgan fingerprint density at radius 3 is 2.87 bits per heavy atom. The minimum atomic E-state index is 0. The fraction of sp³-hybridized carbons (Fsp3) is 0.800. The van der Waals surface area contributed by atoms with Crippen molar-refractivity contribution in [3.8, 4) is 0 Å². The monoisotopic (exact) mass is 435 g/mol. The molecule has 2 heterocycles. The van der Waals surface area contributed by atoms with E-state index in [2.05, 4.69) is 44.5 Å². The minimum absolute atomic E-state index is 0. The third-order valence-electron chi connectivity index (χ3n) is 4.16. The van der Waals surface area contributed by atoms with Crippen molar-refractivity contribution >= 4 is 29.9 Å². The van der Waals surface area contributed by atoms with Gasteiger partial charge in [-0.2, -0.15) is 5.10 Å². The molecule has 132 valence electrons. The number of aromatic nitrogens is 3. The summed E-state index contributed by atoms with van der Waals surface area (Å²) in [5, 5.41) is 10.7. The summed E-state index contributed by atoms with van der Waals surface area (Å²) in [6.07, 6.45) is 5.57. The number of aryl methyl sites for hydroxylation is 1. The number of hydrogen-bond acceptors (Lipinski definition) is 4. The lowest BCUT2D eigenvalue weighted by Crippen LogP contribution is -2.45. The first-order valence-electron chi connectivity index (χ1n) is 8.29. The van der Waals surface area contributed by atoms with Crippen molar-refractivity contribution in [2.24, 2.45) is 12.0 Å². The molecule has 0 spiro atoms. The predicted octanol–water partition coefficient (Wildman–Crippen LogP) is 1.36. The molecule has 7 nitrogen and oxygen atoms in total. The molecule has 2 rings (SSSR count). The van der Waals surface area contributed by atoms with Crippen LogP contribution in [0, 0.1) is 0 Å². The minimum Gasteiger partial charge on any atom is -0.357 e. The van der Waals surface area contributed by atoms with Crippen molar-refractivity contribution in [2.45, 2.75) is 45.7 Å². The van der Waals surface area contributed by atoms with Gasteiger partial charge in [0.2, 0.25) is 0 Å². The second-order valence-corrected chi connectivity index (χ2v) is 5.80. The normalized spacial score (nSPS) is 19.3. The van der Waals surface area contributed by atoms with Crippen molar-refractivity contribution in [1.29, 1.82) is 0 Å². The maximum Gasteiger partial charge on any atom is 0.191 e. The Kier molecular flexibility index (Phi) is 9.46. The molecule has 0 aliphatic carbocycles. The molecule has 1 aliphatic rings. The van der Waals surface area contributed by atoms with E-state index in [1.165, 1.54) is 25.8 Å². The number of halogens is 1. The number of likely N-dealkylation sites (tertiary alicyclic amines) is 1. The third-order valence-corrected chi connectivity index (χ3v) is 4.16. The van der Waals surface area contributed by atoms with Crippen molar-refractivity contribution < 1.29 is 0 Å². The van der Waals surface area contributed by atoms with E-state index in [1.54, 1.807) is 11.0 Å². The van der Waals surface area contributed by atoms with Crippen LogP contribution in [0.3, 0.4) is 0 Å². The number of nitrogens with zero attached hydrogens (tertiary/aromatic N) is 5. The first-order valence-corrected chi connectivity index (χ1v) is 8.29. The van der Waals surface area contributed by atoms with Gasteiger partial charge in [0.1, 0.15) is 18.7 Å². The molecule has 1 atom stereocenters. The molecule has 1 saturated heterocycles. The molecule has 1 aliphatic heterocycles. The second-order valence-electron chi connectivity index (χ2n) is 5.80. The average molecular weight is 435 g/mol. The highest BCUT2D eigenvalue weighted by atomic mass is 127. The van der Waals surface area contributed by atoms with E-state index >= 15 is 0 Å². The molecule has 2 N–H and O–H groups in total. The summed E-state index contributed by atoms with van der Waals surface area (Å²) in [7, 11) is 1.88. The molecule has 1 unspecified atom stereocenters. The molecular weight excluding hydrogens is 405 g/mol. The molecule has 0 amide bonds. The number of piperidine rings is 1. The smallest absolute Gasteiger partial charge is 0.191 e. The summed E-state index contributed by atoms with van der Waals surface area (Å²) in [5.74, 6) is 1.71. The number of hydrogen-bond donors (Lipinski definition) is 2. The molecule has 0 bridgehead atoms. The van der Waals surface area contributed by atoms with Gasteiger partial charge in [0.05, 0.1) is 0 Å². The van der Waals surface area contributed by atoms with Crippen LogP contribution in [-0.4, -0.2) is 57.8 Å². The Balaban J connectivity index is 0.00000264. The number of aliphatic imine (C=N–C) groups is 1. The first-order chi connectivity index (χ1) is 10.7. The van der Waals surface area contributed by atoms with E-state index < -0.39 is 0 Å². The maximum absolute atomic E-state index is 4.57. The largest absolute Gasteiger partial charge is 0.357 e. The molecule has 23 heavy (non-hydrogen) atoms. The van der Waals surface area contributed by atoms with Gasteiger partial charge in [0.25, 0.3) is 0 Å². The predicted molar refractivity (Wildman–Crippen MR) is 104 cm³/mol. The lowest BCUT2D eigenvalue weighted by Gasteiger charge is -2.33. The van der Waals surface area contributed by atoms with Gasteiger partial charge in [-0.1, -0.05) is 6.42 Å². The first kappa shape index (κ1) is 20.1. The molecule has 1 aromatic rings. The van der Waals surface area contributed by atoms with Crippen LogP contribution in [0.25, 0.3) is 0 Å². The van der Waals surface area contributed by atoms with Gasteiger partial charge in [-0.15, -0.1) is 24.0 Å². The molecule has 0 radical (unpaired) electrons. The highest BCUT2D eigenvalue weighted by molar-refractivity contribution is 14.0. The van der Waals surface area contributed by atoms with E-state index in [1.807, 2.05) is 7.05 Å². The second kappa shape index (κ2) is 10.8. The quantitative estimate of drug-likeness (QED) is 0.401. The fourth-order valence-electron chi connectivity index (χ4n) is 2.76. The van der Waals surface area contributed by atoms with Gasteiger partial charge in [-0.05, 0) is 33.2 Å². The number of guanidine groups is 1. The van der Waals surface area contributed by atoms with Gasteiger partial charge in [-0.3, -0.25) is 9.58 Å². The highest BCUT2D eigenvalue weighted by Crippen LogP contribution is 2.15. The van der Waals surface area contributed by atoms with E-state index in [-0.39, 0.29) is 24.0 Å². The van der Waals surface area contributed by atoms with Crippen LogP contribution in [0.2, 0.25) is 0 Å². The van der Waals surface area contributed by atoms with Crippen LogP contribution < -0.4 is 10.6 Å². The molecule has 0 saturated carbocycles. The molecule has 8 heteroatoms. The summed E-state index contributed by atoms with van der Waals surface area (Å²) in [4.78, 5) is 11.3. The highest BCUT2D eigenvalue weighted by Gasteiger charge is 2.17. The zero-order valence-electron chi connectivity index (χ0n) is 14.5. The van der Waals surface area contributed by atoms with Crippen molar-refractivity contribution in [1.82, 2.24) is 30.3 Å². The van der Waals surface area contributed by atoms with Crippen LogP contribution >= 0.6 is 24.0 Å². The van der Waals surface area contributed by atoms with Crippen molar-refractivity contribution in [2.75, 3.05) is 26.2 Å². The van der Waals surface area contributed by atoms with Crippen molar-refractivity contribution in [3.05, 3.63) is 12.2 Å². The third kappa shape index (κ3) is 6.62. The van der Waals surface area contributed by atoms with Crippen LogP contribution in [-0.2, 0) is 13.6 Å². The van der Waals surface area contributed by atoms with Crippen LogP contribution in [0.4, 0.5) is 0 Å². The zero-order chi connectivity index (χ0) is 15.8. The van der Waals surface area contributed by atoms with Gasteiger partial charge in [0.15, 0.2) is 5.96 Å². The van der Waals surface area contributed by atoms with Crippen LogP contribution in [0.5, 0.6) is 0 Å². The maximum atomic E-state index is 4.57. The van der Waals surface area contributed by atoms with Crippen LogP contribution in [0.1, 0.15) is 38.9 Å². The zero-order valence-corrected chi connectivity index (χ0v) is 16.8. The van der Waals surface area contributed by atoms with Gasteiger partial charge >= 0.3 is 0 Å². The fourth-order valence-corrected chi connectivity index (χ4v) is 2.76. The number of rotatable bonds is 6. The van der Waals surface area contributed by atoms with E-state index in [9.17, 15) is 0 Å². The van der Waals surface area contributed by atoms with E-state index in [4.69, 9.17) is 0 Å². The molecule has 1 fully saturated rings. The summed E-state index contributed by atoms with van der Waals surface area (Å²) >= 11 is 0. The molecule has 1 aromatic heterocycles. The standard InChI is InChI=1S/C15H29N7.HI/c1-4-16-15(18-11-14-19-12-20-21(14)3)17-8-10-22-9-6-5-7-13(22)2;/h12-13H,4-11H2,1-3H3,(H2,16,17,18);1H. The summed E-state index contributed by atoms with van der Waals surface area (Å²) < 4.78 is 1.75. The van der Waals surface area contributed by atoms with E-state index in [0.29, 0.717) is 12.6 Å². The Labute approximate surface area is 156 Å². The summed E-state index contributed by atoms with van der Waals surface area (Å²) in [6.45, 7) is 8.98.